The molecule has 0 spiro atoms. The molecule has 0 aromatic heterocycles. The molecule has 0 heterocycles. The fraction of sp³-hybridized carbons (Fsp3) is 0.409. The van der Waals surface area contributed by atoms with E-state index in [4.69, 9.17) is 22.8 Å². The van der Waals surface area contributed by atoms with Gasteiger partial charge in [-0.1, -0.05) is 18.2 Å². The summed E-state index contributed by atoms with van der Waals surface area (Å²) in [5.41, 5.74) is 0.469. The van der Waals surface area contributed by atoms with Gasteiger partial charge in [0.15, 0.2) is 0 Å². The number of hydrogen-bond donors (Lipinski definition) is 0. The highest BCUT2D eigenvalue weighted by Gasteiger charge is 2.39. The minimum Gasteiger partial charge on any atom is -0.494 e. The molecule has 0 atom stereocenters. The van der Waals surface area contributed by atoms with E-state index in [-0.39, 0.29) is 0 Å². The molecule has 2 rings (SSSR count). The second kappa shape index (κ2) is 12.4. The third-order valence-corrected chi connectivity index (χ3v) is 7.18. The summed E-state index contributed by atoms with van der Waals surface area (Å²) in [6.45, 7) is 8.03. The van der Waals surface area contributed by atoms with Gasteiger partial charge in [-0.2, -0.15) is 0 Å². The van der Waals surface area contributed by atoms with Crippen molar-refractivity contribution in [3.05, 3.63) is 60.2 Å². The van der Waals surface area contributed by atoms with Gasteiger partial charge in [0.25, 0.3) is 0 Å². The number of carbonyl (C=O) groups excluding carboxylic acids is 1. The third kappa shape index (κ3) is 7.62. The molecule has 158 valence electrons. The van der Waals surface area contributed by atoms with E-state index < -0.39 is 14.8 Å². The Hall–Kier alpha value is -2.19. The Bertz CT molecular complexity index is 703. The lowest BCUT2D eigenvalue weighted by Gasteiger charge is -2.28. The molecule has 0 aliphatic rings. The predicted octanol–water partition coefficient (Wildman–Crippen LogP) is 4.72. The zero-order valence-corrected chi connectivity index (χ0v) is 18.4. The van der Waals surface area contributed by atoms with E-state index in [9.17, 15) is 4.79 Å². The molecule has 2 aromatic carbocycles. The van der Waals surface area contributed by atoms with Gasteiger partial charge in [0.05, 0.1) is 12.2 Å². The molecule has 0 bridgehead atoms. The highest BCUT2D eigenvalue weighted by molar-refractivity contribution is 6.60. The van der Waals surface area contributed by atoms with Crippen LogP contribution in [-0.2, 0) is 13.3 Å². The van der Waals surface area contributed by atoms with Gasteiger partial charge in [0.2, 0.25) is 0 Å². The summed E-state index contributed by atoms with van der Waals surface area (Å²) in [5.74, 6) is 0.810. The molecule has 7 heteroatoms. The standard InChI is InChI=1S/C22H30O6Si/c1-4-25-29(26-5-2,27-6-3)18-10-17-24-20-15-13-19(14-16-20)22(23)28-21-11-8-7-9-12-21/h7-9,11-16H,4-6,10,17-18H2,1-3H3. The van der Waals surface area contributed by atoms with Gasteiger partial charge in [0, 0.05) is 25.9 Å². The first-order valence-electron chi connectivity index (χ1n) is 10.0. The van der Waals surface area contributed by atoms with Crippen molar-refractivity contribution in [2.75, 3.05) is 26.4 Å². The van der Waals surface area contributed by atoms with Gasteiger partial charge in [-0.15, -0.1) is 0 Å². The van der Waals surface area contributed by atoms with Crippen LogP contribution in [0, 0.1) is 0 Å². The SMILES string of the molecule is CCO[Si](CCCOc1ccc(C(=O)Oc2ccccc2)cc1)(OCC)OCC. The number of benzene rings is 2. The van der Waals surface area contributed by atoms with Gasteiger partial charge >= 0.3 is 14.8 Å². The highest BCUT2D eigenvalue weighted by atomic mass is 28.4. The Kier molecular flexibility index (Phi) is 9.86. The fourth-order valence-electron chi connectivity index (χ4n) is 2.82. The summed E-state index contributed by atoms with van der Waals surface area (Å²) in [4.78, 5) is 12.2. The van der Waals surface area contributed by atoms with Crippen molar-refractivity contribution in [3.63, 3.8) is 0 Å². The molecule has 0 saturated carbocycles. The van der Waals surface area contributed by atoms with Crippen molar-refractivity contribution in [3.8, 4) is 11.5 Å². The molecule has 6 nitrogen and oxygen atoms in total. The van der Waals surface area contributed by atoms with Gasteiger partial charge < -0.3 is 22.8 Å². The number of esters is 1. The largest absolute Gasteiger partial charge is 0.501 e. The maximum Gasteiger partial charge on any atom is 0.501 e. The van der Waals surface area contributed by atoms with Crippen molar-refractivity contribution in [2.45, 2.75) is 33.2 Å². The summed E-state index contributed by atoms with van der Waals surface area (Å²) in [5, 5.41) is 0. The van der Waals surface area contributed by atoms with Crippen LogP contribution in [0.3, 0.4) is 0 Å². The van der Waals surface area contributed by atoms with Gasteiger partial charge in [-0.3, -0.25) is 0 Å². The Morgan fingerprint density at radius 2 is 1.38 bits per heavy atom. The lowest BCUT2D eigenvalue weighted by molar-refractivity contribution is 0.0694. The van der Waals surface area contributed by atoms with E-state index in [0.717, 1.165) is 6.42 Å². The average Bonchev–Trinajstić information content (AvgIpc) is 2.73. The Morgan fingerprint density at radius 1 is 0.793 bits per heavy atom. The van der Waals surface area contributed by atoms with Crippen molar-refractivity contribution in [1.29, 1.82) is 0 Å². The first-order valence-corrected chi connectivity index (χ1v) is 12.0. The third-order valence-electron chi connectivity index (χ3n) is 4.03. The maximum atomic E-state index is 12.2. The second-order valence-corrected chi connectivity index (χ2v) is 8.89. The molecule has 0 amide bonds. The number of para-hydroxylation sites is 1. The summed E-state index contributed by atoms with van der Waals surface area (Å²) < 4.78 is 28.6. The van der Waals surface area contributed by atoms with Crippen molar-refractivity contribution in [1.82, 2.24) is 0 Å². The van der Waals surface area contributed by atoms with E-state index in [1.54, 1.807) is 36.4 Å². The molecule has 0 fully saturated rings. The van der Waals surface area contributed by atoms with E-state index in [1.165, 1.54) is 0 Å². The normalized spacial score (nSPS) is 11.3. The molecular formula is C22H30O6Si. The first kappa shape index (κ1) is 23.1. The molecular weight excluding hydrogens is 388 g/mol. The van der Waals surface area contributed by atoms with Crippen LogP contribution in [0.15, 0.2) is 54.6 Å². The lowest BCUT2D eigenvalue weighted by atomic mass is 10.2. The van der Waals surface area contributed by atoms with Crippen LogP contribution in [0.25, 0.3) is 0 Å². The molecule has 0 aliphatic carbocycles. The monoisotopic (exact) mass is 418 g/mol. The summed E-state index contributed by atoms with van der Waals surface area (Å²) in [6, 6.07) is 16.6. The number of rotatable bonds is 13. The van der Waals surface area contributed by atoms with Gasteiger partial charge in [0.1, 0.15) is 11.5 Å². The molecule has 0 saturated heterocycles. The number of carbonyl (C=O) groups is 1. The smallest absolute Gasteiger partial charge is 0.494 e. The zero-order valence-electron chi connectivity index (χ0n) is 17.4. The van der Waals surface area contributed by atoms with Crippen molar-refractivity contribution < 1.29 is 27.5 Å². The summed E-state index contributed by atoms with van der Waals surface area (Å²) in [6.07, 6.45) is 0.754. The lowest BCUT2D eigenvalue weighted by Crippen LogP contribution is -2.46. The van der Waals surface area contributed by atoms with Gasteiger partial charge in [-0.25, -0.2) is 4.79 Å². The van der Waals surface area contributed by atoms with Crippen LogP contribution in [0.2, 0.25) is 6.04 Å². The van der Waals surface area contributed by atoms with Crippen molar-refractivity contribution >= 4 is 14.8 Å². The van der Waals surface area contributed by atoms with Crippen molar-refractivity contribution in [2.24, 2.45) is 0 Å². The molecule has 0 N–H and O–H groups in total. The minimum atomic E-state index is -2.64. The van der Waals surface area contributed by atoms with E-state index >= 15 is 0 Å². The highest BCUT2D eigenvalue weighted by Crippen LogP contribution is 2.20. The van der Waals surface area contributed by atoms with Crippen LogP contribution in [0.5, 0.6) is 11.5 Å². The predicted molar refractivity (Wildman–Crippen MR) is 113 cm³/mol. The summed E-state index contributed by atoms with van der Waals surface area (Å²) >= 11 is 0. The van der Waals surface area contributed by atoms with Crippen LogP contribution in [0.1, 0.15) is 37.6 Å². The van der Waals surface area contributed by atoms with E-state index in [2.05, 4.69) is 0 Å². The molecule has 0 aliphatic heterocycles. The summed E-state index contributed by atoms with van der Waals surface area (Å²) in [7, 11) is -2.64. The van der Waals surface area contributed by atoms with Crippen LogP contribution in [0.4, 0.5) is 0 Å². The fourth-order valence-corrected chi connectivity index (χ4v) is 5.40. The number of ether oxygens (including phenoxy) is 2. The van der Waals surface area contributed by atoms with E-state index in [1.807, 2.05) is 39.0 Å². The Morgan fingerprint density at radius 3 is 1.93 bits per heavy atom. The average molecular weight is 419 g/mol. The molecule has 29 heavy (non-hydrogen) atoms. The quantitative estimate of drug-likeness (QED) is 0.203. The molecule has 2 aromatic rings. The number of hydrogen-bond acceptors (Lipinski definition) is 6. The maximum absolute atomic E-state index is 12.2. The second-order valence-electron chi connectivity index (χ2n) is 6.16. The zero-order chi connectivity index (χ0) is 21.0. The molecule has 0 radical (unpaired) electrons. The van der Waals surface area contributed by atoms with Crippen LogP contribution < -0.4 is 9.47 Å². The van der Waals surface area contributed by atoms with Crippen LogP contribution in [-0.4, -0.2) is 41.2 Å². The Labute approximate surface area is 174 Å². The van der Waals surface area contributed by atoms with E-state index in [0.29, 0.717) is 49.5 Å². The topological polar surface area (TPSA) is 63.2 Å². The van der Waals surface area contributed by atoms with Crippen LogP contribution >= 0.6 is 0 Å². The van der Waals surface area contributed by atoms with Gasteiger partial charge in [-0.05, 0) is 63.6 Å². The first-order chi connectivity index (χ1) is 14.1. The Balaban J connectivity index is 1.82. The molecule has 0 unspecified atom stereocenters. The minimum absolute atomic E-state index is 0.399.